The number of ether oxygens (including phenoxy) is 1. The molecule has 1 heterocycles. The van der Waals surface area contributed by atoms with Crippen molar-refractivity contribution in [1.82, 2.24) is 10.5 Å². The van der Waals surface area contributed by atoms with Gasteiger partial charge in [-0.1, -0.05) is 47.6 Å². The van der Waals surface area contributed by atoms with Gasteiger partial charge in [0.05, 0.1) is 18.7 Å². The highest BCUT2D eigenvalue weighted by atomic mass is 16.5. The number of hydrogen-bond acceptors (Lipinski definition) is 4. The van der Waals surface area contributed by atoms with Crippen molar-refractivity contribution in [3.05, 3.63) is 71.9 Å². The van der Waals surface area contributed by atoms with Gasteiger partial charge in [-0.05, 0) is 24.6 Å². The number of rotatable bonds is 5. The molecule has 1 atom stereocenters. The largest absolute Gasteiger partial charge is 0.496 e. The highest BCUT2D eigenvalue weighted by Crippen LogP contribution is 2.30. The molecule has 0 unspecified atom stereocenters. The summed E-state index contributed by atoms with van der Waals surface area (Å²) in [5, 5.41) is 6.79. The van der Waals surface area contributed by atoms with Crippen molar-refractivity contribution in [1.29, 1.82) is 0 Å². The predicted octanol–water partition coefficient (Wildman–Crippen LogP) is 3.84. The number of aromatic nitrogens is 1. The monoisotopic (exact) mass is 322 g/mol. The lowest BCUT2D eigenvalue weighted by Gasteiger charge is -2.12. The number of nitrogens with zero attached hydrogens (tertiary/aromatic N) is 1. The van der Waals surface area contributed by atoms with E-state index in [2.05, 4.69) is 10.5 Å². The Hall–Kier alpha value is -3.08. The van der Waals surface area contributed by atoms with Crippen LogP contribution in [0.1, 0.15) is 29.0 Å². The van der Waals surface area contributed by atoms with Crippen LogP contribution in [0.3, 0.4) is 0 Å². The van der Waals surface area contributed by atoms with Crippen molar-refractivity contribution >= 4 is 5.91 Å². The van der Waals surface area contributed by atoms with Crippen LogP contribution < -0.4 is 10.1 Å². The van der Waals surface area contributed by atoms with E-state index in [0.29, 0.717) is 11.5 Å². The van der Waals surface area contributed by atoms with Crippen LogP contribution in [0.25, 0.3) is 11.3 Å². The molecule has 0 aliphatic heterocycles. The third kappa shape index (κ3) is 3.30. The van der Waals surface area contributed by atoms with Crippen molar-refractivity contribution in [2.75, 3.05) is 7.11 Å². The molecule has 1 aromatic heterocycles. The third-order valence-electron chi connectivity index (χ3n) is 3.76. The van der Waals surface area contributed by atoms with Crippen LogP contribution in [0, 0.1) is 0 Å². The number of hydrogen-bond donors (Lipinski definition) is 1. The molecule has 3 rings (SSSR count). The van der Waals surface area contributed by atoms with E-state index in [9.17, 15) is 4.79 Å². The smallest absolute Gasteiger partial charge is 0.273 e. The van der Waals surface area contributed by atoms with Gasteiger partial charge in [0.15, 0.2) is 11.5 Å². The van der Waals surface area contributed by atoms with E-state index in [1.807, 2.05) is 61.5 Å². The Bertz CT molecular complexity index is 827. The Balaban J connectivity index is 1.77. The molecule has 24 heavy (non-hydrogen) atoms. The van der Waals surface area contributed by atoms with Crippen LogP contribution in [-0.4, -0.2) is 18.2 Å². The van der Waals surface area contributed by atoms with E-state index in [4.69, 9.17) is 9.26 Å². The average molecular weight is 322 g/mol. The summed E-state index contributed by atoms with van der Waals surface area (Å²) in [5.41, 5.74) is 2.01. The Morgan fingerprint density at radius 2 is 1.83 bits per heavy atom. The molecule has 1 amide bonds. The van der Waals surface area contributed by atoms with E-state index >= 15 is 0 Å². The van der Waals surface area contributed by atoms with E-state index < -0.39 is 0 Å². The molecule has 5 heteroatoms. The minimum Gasteiger partial charge on any atom is -0.496 e. The topological polar surface area (TPSA) is 64.4 Å². The van der Waals surface area contributed by atoms with Crippen LogP contribution in [0.5, 0.6) is 5.75 Å². The van der Waals surface area contributed by atoms with E-state index in [0.717, 1.165) is 11.1 Å². The van der Waals surface area contributed by atoms with Gasteiger partial charge in [0.2, 0.25) is 0 Å². The van der Waals surface area contributed by atoms with Gasteiger partial charge in [0, 0.05) is 6.07 Å². The Kier molecular flexibility index (Phi) is 4.61. The molecule has 2 aromatic carbocycles. The predicted molar refractivity (Wildman–Crippen MR) is 90.8 cm³/mol. The molecule has 0 saturated heterocycles. The fraction of sp³-hybridized carbons (Fsp3) is 0.158. The number of nitrogens with one attached hydrogen (secondary N) is 1. The summed E-state index contributed by atoms with van der Waals surface area (Å²) < 4.78 is 10.6. The molecule has 0 fully saturated rings. The molecule has 1 N–H and O–H groups in total. The highest BCUT2D eigenvalue weighted by Gasteiger charge is 2.18. The van der Waals surface area contributed by atoms with Gasteiger partial charge >= 0.3 is 0 Å². The van der Waals surface area contributed by atoms with E-state index in [1.54, 1.807) is 13.2 Å². The standard InChI is InChI=1S/C19H18N2O3/c1-13(14-8-4-3-5-9-14)20-19(22)16-12-18(24-21-16)15-10-6-7-11-17(15)23-2/h3-13H,1-2H3,(H,20,22)/t13-/m0/s1. The van der Waals surface area contributed by atoms with Crippen molar-refractivity contribution < 1.29 is 14.1 Å². The highest BCUT2D eigenvalue weighted by molar-refractivity contribution is 5.93. The van der Waals surface area contributed by atoms with Gasteiger partial charge in [-0.25, -0.2) is 0 Å². The molecule has 0 bridgehead atoms. The lowest BCUT2D eigenvalue weighted by Crippen LogP contribution is -2.26. The summed E-state index contributed by atoms with van der Waals surface area (Å²) in [7, 11) is 1.59. The van der Waals surface area contributed by atoms with Gasteiger partial charge in [-0.2, -0.15) is 0 Å². The van der Waals surface area contributed by atoms with Crippen LogP contribution in [0.2, 0.25) is 0 Å². The summed E-state index contributed by atoms with van der Waals surface area (Å²) in [5.74, 6) is 0.875. The molecule has 122 valence electrons. The lowest BCUT2D eigenvalue weighted by molar-refractivity contribution is 0.0931. The molecule has 0 radical (unpaired) electrons. The number of carbonyl (C=O) groups is 1. The van der Waals surface area contributed by atoms with Crippen molar-refractivity contribution in [2.45, 2.75) is 13.0 Å². The van der Waals surface area contributed by atoms with Gasteiger partial charge < -0.3 is 14.6 Å². The zero-order valence-electron chi connectivity index (χ0n) is 13.5. The lowest BCUT2D eigenvalue weighted by atomic mass is 10.1. The zero-order chi connectivity index (χ0) is 16.9. The second kappa shape index (κ2) is 7.00. The first-order chi connectivity index (χ1) is 11.7. The first-order valence-electron chi connectivity index (χ1n) is 7.65. The van der Waals surface area contributed by atoms with Crippen LogP contribution >= 0.6 is 0 Å². The molecule has 3 aromatic rings. The maximum Gasteiger partial charge on any atom is 0.273 e. The van der Waals surface area contributed by atoms with Crippen LogP contribution in [0.4, 0.5) is 0 Å². The minimum atomic E-state index is -0.281. The quantitative estimate of drug-likeness (QED) is 0.775. The fourth-order valence-electron chi connectivity index (χ4n) is 2.45. The summed E-state index contributed by atoms with van der Waals surface area (Å²) in [4.78, 5) is 12.4. The van der Waals surface area contributed by atoms with Crippen LogP contribution in [-0.2, 0) is 0 Å². The van der Waals surface area contributed by atoms with Crippen molar-refractivity contribution in [3.63, 3.8) is 0 Å². The summed E-state index contributed by atoms with van der Waals surface area (Å²) in [6.07, 6.45) is 0. The summed E-state index contributed by atoms with van der Waals surface area (Å²) in [6, 6.07) is 18.7. The third-order valence-corrected chi connectivity index (χ3v) is 3.76. The molecule has 5 nitrogen and oxygen atoms in total. The van der Waals surface area contributed by atoms with Crippen molar-refractivity contribution in [2.24, 2.45) is 0 Å². The Labute approximate surface area is 140 Å². The number of methoxy groups -OCH3 is 1. The molecular formula is C19H18N2O3. The van der Waals surface area contributed by atoms with Gasteiger partial charge in [0.1, 0.15) is 5.75 Å². The van der Waals surface area contributed by atoms with E-state index in [1.165, 1.54) is 0 Å². The molecule has 0 spiro atoms. The van der Waals surface area contributed by atoms with Gasteiger partial charge in [-0.3, -0.25) is 4.79 Å². The van der Waals surface area contributed by atoms with Gasteiger partial charge in [-0.15, -0.1) is 0 Å². The van der Waals surface area contributed by atoms with Crippen LogP contribution in [0.15, 0.2) is 65.2 Å². The first kappa shape index (κ1) is 15.8. The van der Waals surface area contributed by atoms with E-state index in [-0.39, 0.29) is 17.6 Å². The average Bonchev–Trinajstić information content (AvgIpc) is 3.12. The SMILES string of the molecule is COc1ccccc1-c1cc(C(=O)N[C@@H](C)c2ccccc2)no1. The zero-order valence-corrected chi connectivity index (χ0v) is 13.5. The second-order valence-corrected chi connectivity index (χ2v) is 5.38. The molecular weight excluding hydrogens is 304 g/mol. The molecule has 0 aliphatic carbocycles. The van der Waals surface area contributed by atoms with Gasteiger partial charge in [0.25, 0.3) is 5.91 Å². The maximum absolute atomic E-state index is 12.4. The normalized spacial score (nSPS) is 11.8. The first-order valence-corrected chi connectivity index (χ1v) is 7.65. The Morgan fingerprint density at radius 3 is 2.58 bits per heavy atom. The number of amides is 1. The summed E-state index contributed by atoms with van der Waals surface area (Å²) >= 11 is 0. The number of para-hydroxylation sites is 1. The molecule has 0 saturated carbocycles. The Morgan fingerprint density at radius 1 is 1.12 bits per heavy atom. The fourth-order valence-corrected chi connectivity index (χ4v) is 2.45. The second-order valence-electron chi connectivity index (χ2n) is 5.38. The van der Waals surface area contributed by atoms with Crippen molar-refractivity contribution in [3.8, 4) is 17.1 Å². The number of carbonyl (C=O) groups excluding carboxylic acids is 1. The minimum absolute atomic E-state index is 0.120. The summed E-state index contributed by atoms with van der Waals surface area (Å²) in [6.45, 7) is 1.93. The molecule has 0 aliphatic rings. The number of benzene rings is 2. The maximum atomic E-state index is 12.4.